The fourth-order valence-corrected chi connectivity index (χ4v) is 2.49. The van der Waals surface area contributed by atoms with E-state index in [1.165, 1.54) is 0 Å². The van der Waals surface area contributed by atoms with Crippen LogP contribution in [0.3, 0.4) is 0 Å². The first-order valence-corrected chi connectivity index (χ1v) is 8.27. The molecule has 0 unspecified atom stereocenters. The van der Waals surface area contributed by atoms with Gasteiger partial charge in [0.2, 0.25) is 11.8 Å². The van der Waals surface area contributed by atoms with Gasteiger partial charge in [0.1, 0.15) is 0 Å². The number of anilines is 1. The van der Waals surface area contributed by atoms with E-state index in [1.54, 1.807) is 30.1 Å². The number of hydrogen-bond acceptors (Lipinski definition) is 5. The summed E-state index contributed by atoms with van der Waals surface area (Å²) >= 11 is 0. The van der Waals surface area contributed by atoms with Gasteiger partial charge in [-0.05, 0) is 32.0 Å². The number of ether oxygens (including phenoxy) is 2. The van der Waals surface area contributed by atoms with E-state index in [4.69, 9.17) is 9.47 Å². The van der Waals surface area contributed by atoms with Gasteiger partial charge in [-0.25, -0.2) is 0 Å². The number of rotatable bonds is 6. The molecule has 2 aliphatic rings. The van der Waals surface area contributed by atoms with Gasteiger partial charge in [-0.15, -0.1) is 0 Å². The highest BCUT2D eigenvalue weighted by atomic mass is 16.5. The van der Waals surface area contributed by atoms with E-state index in [2.05, 4.69) is 10.6 Å². The Morgan fingerprint density at radius 2 is 1.83 bits per heavy atom. The summed E-state index contributed by atoms with van der Waals surface area (Å²) in [6.45, 7) is 1.59. The molecule has 1 aliphatic carbocycles. The predicted molar refractivity (Wildman–Crippen MR) is 89.3 cm³/mol. The molecule has 0 atom stereocenters. The van der Waals surface area contributed by atoms with E-state index in [0.29, 0.717) is 36.4 Å². The zero-order valence-electron chi connectivity index (χ0n) is 13.8. The average Bonchev–Trinajstić information content (AvgIpc) is 3.33. The molecule has 7 heteroatoms. The number of hydrogen-bond donors (Lipinski definition) is 2. The molecule has 0 spiro atoms. The molecular weight excluding hydrogens is 310 g/mol. The van der Waals surface area contributed by atoms with E-state index in [-0.39, 0.29) is 24.9 Å². The summed E-state index contributed by atoms with van der Waals surface area (Å²) in [6, 6.07) is 5.67. The molecule has 0 bridgehead atoms. The van der Waals surface area contributed by atoms with Crippen molar-refractivity contribution in [2.75, 3.05) is 38.7 Å². The number of likely N-dealkylation sites (N-methyl/N-ethyl adjacent to an activating group) is 1. The van der Waals surface area contributed by atoms with Crippen LogP contribution >= 0.6 is 0 Å². The number of amides is 2. The van der Waals surface area contributed by atoms with Gasteiger partial charge in [0, 0.05) is 24.2 Å². The zero-order valence-corrected chi connectivity index (χ0v) is 13.8. The standard InChI is InChI=1S/C17H23N3O4/c1-20(10-16(21)18-12-3-4-12)11-17(22)19-13-5-6-14-15(9-13)24-8-2-7-23-14/h5-6,9,12H,2-4,7-8,10-11H2,1H3,(H,18,21)(H,19,22). The third kappa shape index (κ3) is 4.86. The minimum Gasteiger partial charge on any atom is -0.490 e. The lowest BCUT2D eigenvalue weighted by molar-refractivity contribution is -0.123. The SMILES string of the molecule is CN(CC(=O)Nc1ccc2c(c1)OCCCO2)CC(=O)NC1CC1. The smallest absolute Gasteiger partial charge is 0.238 e. The maximum atomic E-state index is 12.1. The first-order valence-electron chi connectivity index (χ1n) is 8.27. The first kappa shape index (κ1) is 16.6. The number of nitrogens with one attached hydrogen (secondary N) is 2. The number of carbonyl (C=O) groups is 2. The third-order valence-electron chi connectivity index (χ3n) is 3.80. The zero-order chi connectivity index (χ0) is 16.9. The van der Waals surface area contributed by atoms with Gasteiger partial charge in [0.15, 0.2) is 11.5 Å². The van der Waals surface area contributed by atoms with Crippen LogP contribution in [-0.4, -0.2) is 56.1 Å². The third-order valence-corrected chi connectivity index (χ3v) is 3.80. The molecule has 0 aromatic heterocycles. The quantitative estimate of drug-likeness (QED) is 0.812. The molecule has 130 valence electrons. The molecular formula is C17H23N3O4. The maximum Gasteiger partial charge on any atom is 0.238 e. The molecule has 0 saturated heterocycles. The molecule has 1 saturated carbocycles. The molecule has 1 heterocycles. The molecule has 24 heavy (non-hydrogen) atoms. The normalized spacial score (nSPS) is 16.4. The van der Waals surface area contributed by atoms with Crippen molar-refractivity contribution in [1.82, 2.24) is 10.2 Å². The van der Waals surface area contributed by atoms with Crippen molar-refractivity contribution in [3.05, 3.63) is 18.2 Å². The lowest BCUT2D eigenvalue weighted by atomic mass is 10.2. The number of benzene rings is 1. The topological polar surface area (TPSA) is 79.9 Å². The summed E-state index contributed by atoms with van der Waals surface area (Å²) in [7, 11) is 1.75. The largest absolute Gasteiger partial charge is 0.490 e. The second-order valence-corrected chi connectivity index (χ2v) is 6.27. The lowest BCUT2D eigenvalue weighted by Gasteiger charge is -2.16. The fourth-order valence-electron chi connectivity index (χ4n) is 2.49. The van der Waals surface area contributed by atoms with E-state index >= 15 is 0 Å². The Bertz CT molecular complexity index is 616. The minimum atomic E-state index is -0.175. The summed E-state index contributed by atoms with van der Waals surface area (Å²) in [5.41, 5.74) is 0.653. The first-order chi connectivity index (χ1) is 11.6. The highest BCUT2D eigenvalue weighted by Gasteiger charge is 2.23. The molecule has 2 amide bonds. The summed E-state index contributed by atoms with van der Waals surface area (Å²) in [5.74, 6) is 1.12. The Labute approximate surface area is 141 Å². The van der Waals surface area contributed by atoms with E-state index in [1.807, 2.05) is 0 Å². The van der Waals surface area contributed by atoms with Gasteiger partial charge >= 0.3 is 0 Å². The van der Waals surface area contributed by atoms with Gasteiger partial charge in [0.25, 0.3) is 0 Å². The van der Waals surface area contributed by atoms with E-state index < -0.39 is 0 Å². The summed E-state index contributed by atoms with van der Waals surface area (Å²) in [6.07, 6.45) is 2.95. The fraction of sp³-hybridized carbons (Fsp3) is 0.529. The van der Waals surface area contributed by atoms with Crippen LogP contribution in [0.2, 0.25) is 0 Å². The van der Waals surface area contributed by atoms with Gasteiger partial charge in [-0.1, -0.05) is 0 Å². The summed E-state index contributed by atoms with van der Waals surface area (Å²) in [4.78, 5) is 25.5. The number of carbonyl (C=O) groups excluding carboxylic acids is 2. The van der Waals surface area contributed by atoms with Crippen LogP contribution in [0.4, 0.5) is 5.69 Å². The van der Waals surface area contributed by atoms with Gasteiger partial charge < -0.3 is 20.1 Å². The average molecular weight is 333 g/mol. The van der Waals surface area contributed by atoms with Crippen molar-refractivity contribution >= 4 is 17.5 Å². The molecule has 1 aromatic rings. The second kappa shape index (κ2) is 7.53. The molecule has 0 radical (unpaired) electrons. The van der Waals surface area contributed by atoms with E-state index in [0.717, 1.165) is 19.3 Å². The van der Waals surface area contributed by atoms with Gasteiger partial charge in [-0.3, -0.25) is 14.5 Å². The molecule has 2 N–H and O–H groups in total. The molecule has 1 aromatic carbocycles. The maximum absolute atomic E-state index is 12.1. The van der Waals surface area contributed by atoms with Gasteiger partial charge in [-0.2, -0.15) is 0 Å². The number of fused-ring (bicyclic) bond motifs is 1. The Morgan fingerprint density at radius 1 is 1.12 bits per heavy atom. The Morgan fingerprint density at radius 3 is 2.58 bits per heavy atom. The molecule has 3 rings (SSSR count). The van der Waals surface area contributed by atoms with Crippen LogP contribution in [0.1, 0.15) is 19.3 Å². The van der Waals surface area contributed by atoms with Crippen LogP contribution in [0.25, 0.3) is 0 Å². The molecule has 7 nitrogen and oxygen atoms in total. The van der Waals surface area contributed by atoms with Crippen molar-refractivity contribution in [3.63, 3.8) is 0 Å². The Hall–Kier alpha value is -2.28. The predicted octanol–water partition coefficient (Wildman–Crippen LogP) is 0.997. The highest BCUT2D eigenvalue weighted by molar-refractivity contribution is 5.93. The Balaban J connectivity index is 1.48. The van der Waals surface area contributed by atoms with Crippen molar-refractivity contribution in [3.8, 4) is 11.5 Å². The van der Waals surface area contributed by atoms with Crippen LogP contribution < -0.4 is 20.1 Å². The number of nitrogens with zero attached hydrogens (tertiary/aromatic N) is 1. The lowest BCUT2D eigenvalue weighted by Crippen LogP contribution is -2.39. The van der Waals surface area contributed by atoms with Crippen molar-refractivity contribution < 1.29 is 19.1 Å². The van der Waals surface area contributed by atoms with Crippen molar-refractivity contribution in [2.45, 2.75) is 25.3 Å². The van der Waals surface area contributed by atoms with E-state index in [9.17, 15) is 9.59 Å². The minimum absolute atomic E-state index is 0.0385. The van der Waals surface area contributed by atoms with Crippen LogP contribution in [0.15, 0.2) is 18.2 Å². The molecule has 1 fully saturated rings. The van der Waals surface area contributed by atoms with Crippen molar-refractivity contribution in [1.29, 1.82) is 0 Å². The molecule has 1 aliphatic heterocycles. The van der Waals surface area contributed by atoms with Crippen LogP contribution in [0, 0.1) is 0 Å². The van der Waals surface area contributed by atoms with Crippen molar-refractivity contribution in [2.24, 2.45) is 0 Å². The summed E-state index contributed by atoms with van der Waals surface area (Å²) < 4.78 is 11.2. The highest BCUT2D eigenvalue weighted by Crippen LogP contribution is 2.32. The Kier molecular flexibility index (Phi) is 5.20. The summed E-state index contributed by atoms with van der Waals surface area (Å²) in [5, 5.41) is 5.73. The van der Waals surface area contributed by atoms with Crippen LogP contribution in [-0.2, 0) is 9.59 Å². The monoisotopic (exact) mass is 333 g/mol. The van der Waals surface area contributed by atoms with Gasteiger partial charge in [0.05, 0.1) is 26.3 Å². The second-order valence-electron chi connectivity index (χ2n) is 6.27. The van der Waals surface area contributed by atoms with Crippen LogP contribution in [0.5, 0.6) is 11.5 Å².